The van der Waals surface area contributed by atoms with E-state index in [1.807, 2.05) is 0 Å². The molecule has 1 aliphatic heterocycles. The lowest BCUT2D eigenvalue weighted by molar-refractivity contribution is -0.166. The van der Waals surface area contributed by atoms with E-state index < -0.39 is 59.6 Å². The first-order valence-electron chi connectivity index (χ1n) is 10.7. The number of hydrogen-bond acceptors (Lipinski definition) is 11. The Morgan fingerprint density at radius 1 is 0.889 bits per heavy atom. The minimum atomic E-state index is -1.43. The van der Waals surface area contributed by atoms with Crippen molar-refractivity contribution in [3.63, 3.8) is 0 Å². The number of hydrogen-bond donors (Lipinski definition) is 0. The van der Waals surface area contributed by atoms with Crippen LogP contribution in [0.3, 0.4) is 0 Å². The van der Waals surface area contributed by atoms with Gasteiger partial charge in [0.25, 0.3) is 11.5 Å². The van der Waals surface area contributed by atoms with Crippen molar-refractivity contribution in [2.75, 3.05) is 13.7 Å². The minimum Gasteiger partial charge on any atom is -0.497 e. The van der Waals surface area contributed by atoms with Gasteiger partial charge >= 0.3 is 23.6 Å². The summed E-state index contributed by atoms with van der Waals surface area (Å²) in [6.07, 6.45) is -4.13. The van der Waals surface area contributed by atoms with Crippen molar-refractivity contribution in [1.29, 1.82) is 0 Å². The average molecular weight is 504 g/mol. The molecule has 192 valence electrons. The van der Waals surface area contributed by atoms with Gasteiger partial charge in [-0.2, -0.15) is 4.57 Å². The van der Waals surface area contributed by atoms with Gasteiger partial charge in [-0.25, -0.2) is 4.79 Å². The highest BCUT2D eigenvalue weighted by atomic mass is 16.7. The second-order valence-electron chi connectivity index (χ2n) is 7.73. The highest BCUT2D eigenvalue weighted by Gasteiger charge is 2.51. The molecule has 1 fully saturated rings. The summed E-state index contributed by atoms with van der Waals surface area (Å²) < 4.78 is 27.6. The molecule has 0 aliphatic carbocycles. The van der Waals surface area contributed by atoms with Crippen molar-refractivity contribution in [2.24, 2.45) is 0 Å². The molecule has 13 nitrogen and oxygen atoms in total. The Morgan fingerprint density at radius 2 is 1.50 bits per heavy atom. The number of nitrogens with zero attached hydrogens (tertiary/aromatic N) is 2. The lowest BCUT2D eigenvalue weighted by Gasteiger charge is -2.24. The van der Waals surface area contributed by atoms with Crippen molar-refractivity contribution in [2.45, 2.75) is 45.3 Å². The van der Waals surface area contributed by atoms with Gasteiger partial charge in [-0.3, -0.25) is 28.5 Å². The number of carbonyl (C=O) groups is 4. The highest BCUT2D eigenvalue weighted by molar-refractivity contribution is 5.95. The maximum atomic E-state index is 13.3. The first-order valence-corrected chi connectivity index (χ1v) is 10.7. The quantitative estimate of drug-likeness (QED) is 0.370. The summed E-state index contributed by atoms with van der Waals surface area (Å²) in [5, 5.41) is 0. The number of esters is 3. The summed E-state index contributed by atoms with van der Waals surface area (Å²) in [4.78, 5) is 73.7. The van der Waals surface area contributed by atoms with E-state index in [9.17, 15) is 28.8 Å². The first kappa shape index (κ1) is 26.3. The fourth-order valence-corrected chi connectivity index (χ4v) is 3.65. The fraction of sp³-hybridized carbons (Fsp3) is 0.391. The van der Waals surface area contributed by atoms with Crippen LogP contribution in [-0.2, 0) is 33.3 Å². The molecule has 4 atom stereocenters. The van der Waals surface area contributed by atoms with Gasteiger partial charge in [-0.1, -0.05) is 0 Å². The first-order chi connectivity index (χ1) is 17.0. The van der Waals surface area contributed by atoms with Gasteiger partial charge in [-0.05, 0) is 24.3 Å². The molecule has 0 radical (unpaired) electrons. The van der Waals surface area contributed by atoms with Crippen LogP contribution in [0.1, 0.15) is 37.4 Å². The van der Waals surface area contributed by atoms with E-state index in [1.165, 1.54) is 31.4 Å². The van der Waals surface area contributed by atoms with Crippen molar-refractivity contribution in [3.05, 3.63) is 62.9 Å². The summed E-state index contributed by atoms with van der Waals surface area (Å²) >= 11 is 0. The van der Waals surface area contributed by atoms with E-state index in [-0.39, 0.29) is 12.2 Å². The van der Waals surface area contributed by atoms with Crippen LogP contribution in [0.2, 0.25) is 0 Å². The molecule has 1 aromatic heterocycles. The van der Waals surface area contributed by atoms with Crippen LogP contribution in [-0.4, -0.2) is 65.0 Å². The van der Waals surface area contributed by atoms with Crippen molar-refractivity contribution in [3.8, 4) is 5.75 Å². The largest absolute Gasteiger partial charge is 0.497 e. The fourth-order valence-electron chi connectivity index (χ4n) is 3.65. The van der Waals surface area contributed by atoms with E-state index in [2.05, 4.69) is 0 Å². The molecule has 0 unspecified atom stereocenters. The molecule has 3 rings (SSSR count). The zero-order valence-electron chi connectivity index (χ0n) is 19.9. The van der Waals surface area contributed by atoms with Gasteiger partial charge in [0.15, 0.2) is 18.4 Å². The normalized spacial score (nSPS) is 20.9. The number of ether oxygens (including phenoxy) is 5. The Kier molecular flexibility index (Phi) is 8.04. The molecule has 0 amide bonds. The van der Waals surface area contributed by atoms with E-state index >= 15 is 0 Å². The zero-order chi connectivity index (χ0) is 26.6. The lowest BCUT2D eigenvalue weighted by atomic mass is 10.1. The Morgan fingerprint density at radius 3 is 2.06 bits per heavy atom. The maximum absolute atomic E-state index is 13.3. The minimum absolute atomic E-state index is 0.0298. The van der Waals surface area contributed by atoms with Gasteiger partial charge in [-0.15, -0.1) is 0 Å². The lowest BCUT2D eigenvalue weighted by Crippen LogP contribution is -2.47. The SMILES string of the molecule is COc1ccc(C(=O)n2c(=O)ccn([C@@H]3O[C@H](COC(C)=O)[C@@H](OC(C)=O)[C@H]3OC(C)=O)c2=O)cc1. The molecule has 0 saturated carbocycles. The summed E-state index contributed by atoms with van der Waals surface area (Å²) in [5.41, 5.74) is -1.98. The molecule has 0 spiro atoms. The number of methoxy groups -OCH3 is 1. The Labute approximate surface area is 204 Å². The van der Waals surface area contributed by atoms with Gasteiger partial charge < -0.3 is 23.7 Å². The molecule has 1 aromatic carbocycles. The molecule has 36 heavy (non-hydrogen) atoms. The summed E-state index contributed by atoms with van der Waals surface area (Å²) in [6, 6.07) is 6.69. The topological polar surface area (TPSA) is 158 Å². The third-order valence-corrected chi connectivity index (χ3v) is 5.16. The highest BCUT2D eigenvalue weighted by Crippen LogP contribution is 2.33. The van der Waals surface area contributed by atoms with Gasteiger partial charge in [0, 0.05) is 38.6 Å². The molecule has 2 aromatic rings. The maximum Gasteiger partial charge on any atom is 0.340 e. The van der Waals surface area contributed by atoms with Crippen LogP contribution >= 0.6 is 0 Å². The molecule has 1 saturated heterocycles. The molecule has 13 heteroatoms. The standard InChI is InChI=1S/C23H24N2O11/c1-12(26)33-11-17-19(34-13(2)27)20(35-14(3)28)22(36-17)24-10-9-18(29)25(23(24)31)21(30)15-5-7-16(32-4)8-6-15/h5-10,17,19-20,22H,11H2,1-4H3/t17-,19-,20-,22-/m1/s1. The molecule has 0 bridgehead atoms. The third-order valence-electron chi connectivity index (χ3n) is 5.16. The van der Waals surface area contributed by atoms with Crippen molar-refractivity contribution >= 4 is 23.8 Å². The van der Waals surface area contributed by atoms with Crippen molar-refractivity contribution < 1.29 is 42.9 Å². The zero-order valence-corrected chi connectivity index (χ0v) is 19.9. The van der Waals surface area contributed by atoms with E-state index in [0.29, 0.717) is 10.3 Å². The van der Waals surface area contributed by atoms with Crippen LogP contribution in [0, 0.1) is 0 Å². The number of carbonyl (C=O) groups excluding carboxylic acids is 4. The second-order valence-corrected chi connectivity index (χ2v) is 7.73. The monoisotopic (exact) mass is 504 g/mol. The predicted octanol–water partition coefficient (Wildman–Crippen LogP) is 0.0310. The Hall–Kier alpha value is -4.26. The van der Waals surface area contributed by atoms with Crippen LogP contribution in [0.15, 0.2) is 46.1 Å². The van der Waals surface area contributed by atoms with Gasteiger partial charge in [0.1, 0.15) is 18.5 Å². The van der Waals surface area contributed by atoms with Crippen LogP contribution < -0.4 is 16.0 Å². The van der Waals surface area contributed by atoms with E-state index in [4.69, 9.17) is 23.7 Å². The van der Waals surface area contributed by atoms with Crippen LogP contribution in [0.25, 0.3) is 0 Å². The third kappa shape index (κ3) is 5.68. The predicted molar refractivity (Wildman–Crippen MR) is 119 cm³/mol. The van der Waals surface area contributed by atoms with Crippen LogP contribution in [0.4, 0.5) is 0 Å². The number of aromatic nitrogens is 2. The Bertz CT molecular complexity index is 1280. The van der Waals surface area contributed by atoms with Gasteiger partial charge in [0.05, 0.1) is 7.11 Å². The van der Waals surface area contributed by atoms with E-state index in [0.717, 1.165) is 37.6 Å². The van der Waals surface area contributed by atoms with Gasteiger partial charge in [0.2, 0.25) is 0 Å². The second kappa shape index (κ2) is 11.0. The number of benzene rings is 1. The molecule has 0 N–H and O–H groups in total. The molecule has 1 aliphatic rings. The molecule has 2 heterocycles. The summed E-state index contributed by atoms with van der Waals surface area (Å²) in [5.74, 6) is -2.64. The van der Waals surface area contributed by atoms with E-state index in [1.54, 1.807) is 0 Å². The van der Waals surface area contributed by atoms with Crippen molar-refractivity contribution in [1.82, 2.24) is 9.13 Å². The molecular weight excluding hydrogens is 480 g/mol. The average Bonchev–Trinajstić information content (AvgIpc) is 3.13. The summed E-state index contributed by atoms with van der Waals surface area (Å²) in [6.45, 7) is 2.97. The summed E-state index contributed by atoms with van der Waals surface area (Å²) in [7, 11) is 1.44. The molecular formula is C23H24N2O11. The Balaban J connectivity index is 2.07. The number of rotatable bonds is 7. The smallest absolute Gasteiger partial charge is 0.340 e. The van der Waals surface area contributed by atoms with Crippen LogP contribution in [0.5, 0.6) is 5.75 Å².